The summed E-state index contributed by atoms with van der Waals surface area (Å²) in [5, 5.41) is 2.03. The third kappa shape index (κ3) is 11.5. The molecule has 0 radical (unpaired) electrons. The van der Waals surface area contributed by atoms with E-state index in [4.69, 9.17) is 28.4 Å². The predicted octanol–water partition coefficient (Wildman–Crippen LogP) is 5.63. The van der Waals surface area contributed by atoms with Gasteiger partial charge in [0.25, 0.3) is 0 Å². The van der Waals surface area contributed by atoms with Crippen molar-refractivity contribution in [3.63, 3.8) is 0 Å². The van der Waals surface area contributed by atoms with E-state index in [0.717, 1.165) is 10.8 Å². The van der Waals surface area contributed by atoms with E-state index in [1.807, 2.05) is 68.4 Å². The number of aryl methyl sites for hydroxylation is 1. The van der Waals surface area contributed by atoms with E-state index < -0.39 is 34.2 Å². The fraction of sp³-hybridized carbons (Fsp3) is 0.457. The summed E-state index contributed by atoms with van der Waals surface area (Å²) >= 11 is -0.286. The number of hydrogen-bond donors (Lipinski definition) is 0. The second kappa shape index (κ2) is 18.9. The molecule has 2 unspecified atom stereocenters. The maximum absolute atomic E-state index is 14.0. The highest BCUT2D eigenvalue weighted by molar-refractivity contribution is 5.88. The summed E-state index contributed by atoms with van der Waals surface area (Å²) in [4.78, 5) is 41.4. The average molecular weight is 880 g/mol. The molecule has 0 N–H and O–H groups in total. The molecule has 0 amide bonds. The maximum atomic E-state index is 14.0. The van der Waals surface area contributed by atoms with Crippen LogP contribution < -0.4 is 30.7 Å². The Morgan fingerprint density at radius 1 is 0.679 bits per heavy atom. The maximum Gasteiger partial charge on any atom is 0.357 e. The minimum absolute atomic E-state index is 0.0377. The summed E-state index contributed by atoms with van der Waals surface area (Å²) in [6.45, 7) is 14.7. The number of esters is 3. The van der Waals surface area contributed by atoms with Gasteiger partial charge in [-0.2, -0.15) is 0 Å². The van der Waals surface area contributed by atoms with Gasteiger partial charge in [0.2, 0.25) is 0 Å². The van der Waals surface area contributed by atoms with Crippen molar-refractivity contribution in [3.05, 3.63) is 104 Å². The molecule has 1 saturated heterocycles. The summed E-state index contributed by atoms with van der Waals surface area (Å²) in [5.41, 5.74) is -2.40. The van der Waals surface area contributed by atoms with Crippen LogP contribution in [-0.4, -0.2) is 64.2 Å². The van der Waals surface area contributed by atoms with Gasteiger partial charge in [0.1, 0.15) is 44.5 Å². The molecular formula is C46H56IO9+. The van der Waals surface area contributed by atoms with Gasteiger partial charge in [-0.15, -0.1) is 0 Å². The molecule has 1 aliphatic rings. The van der Waals surface area contributed by atoms with Crippen molar-refractivity contribution in [2.24, 2.45) is 21.7 Å². The molecule has 9 nitrogen and oxygen atoms in total. The van der Waals surface area contributed by atoms with E-state index in [2.05, 4.69) is 43.3 Å². The van der Waals surface area contributed by atoms with E-state index in [9.17, 15) is 14.4 Å². The van der Waals surface area contributed by atoms with E-state index >= 15 is 0 Å². The first-order valence-corrected chi connectivity index (χ1v) is 21.4. The van der Waals surface area contributed by atoms with E-state index in [-0.39, 0.29) is 72.5 Å². The number of hydrogen-bond acceptors (Lipinski definition) is 9. The van der Waals surface area contributed by atoms with Crippen LogP contribution in [0.25, 0.3) is 10.8 Å². The van der Waals surface area contributed by atoms with Crippen molar-refractivity contribution in [2.75, 3.05) is 46.2 Å². The van der Waals surface area contributed by atoms with Crippen LogP contribution in [0.3, 0.4) is 0 Å². The molecule has 300 valence electrons. The number of halogens is 1. The van der Waals surface area contributed by atoms with Gasteiger partial charge in [-0.25, -0.2) is 0 Å². The molecule has 0 aliphatic carbocycles. The lowest BCUT2D eigenvalue weighted by Crippen LogP contribution is -3.61. The van der Waals surface area contributed by atoms with Crippen LogP contribution in [0.4, 0.5) is 0 Å². The number of rotatable bonds is 20. The Labute approximate surface area is 342 Å². The van der Waals surface area contributed by atoms with Gasteiger partial charge in [0.05, 0.1) is 29.5 Å². The number of fused-ring (bicyclic) bond motifs is 1. The summed E-state index contributed by atoms with van der Waals surface area (Å²) in [6, 6.07) is 30.4. The van der Waals surface area contributed by atoms with Crippen molar-refractivity contribution in [2.45, 2.75) is 67.7 Å². The Balaban J connectivity index is 1.17. The van der Waals surface area contributed by atoms with Crippen molar-refractivity contribution in [1.82, 2.24) is 0 Å². The molecule has 1 aliphatic heterocycles. The fourth-order valence-corrected chi connectivity index (χ4v) is 9.15. The van der Waals surface area contributed by atoms with E-state index in [1.165, 1.54) is 12.7 Å². The molecule has 1 heterocycles. The van der Waals surface area contributed by atoms with Crippen molar-refractivity contribution in [1.29, 1.82) is 0 Å². The molecule has 10 heteroatoms. The molecule has 0 spiro atoms. The number of benzene rings is 4. The minimum atomic E-state index is -1.23. The molecule has 0 saturated carbocycles. The number of carbonyl (C=O) groups excluding carboxylic acids is 3. The molecule has 2 atom stereocenters. The van der Waals surface area contributed by atoms with Crippen molar-refractivity contribution in [3.8, 4) is 11.5 Å². The van der Waals surface area contributed by atoms with Crippen molar-refractivity contribution < 1.29 is 64.0 Å². The smallest absolute Gasteiger partial charge is 0.357 e. The Morgan fingerprint density at radius 3 is 1.91 bits per heavy atom. The molecule has 0 bridgehead atoms. The zero-order valence-corrected chi connectivity index (χ0v) is 35.9. The first-order valence-electron chi connectivity index (χ1n) is 19.3. The van der Waals surface area contributed by atoms with Crippen LogP contribution in [0, 0.1) is 35.7 Å². The highest BCUT2D eigenvalue weighted by Gasteiger charge is 2.50. The molecule has 5 rings (SSSR count). The zero-order valence-electron chi connectivity index (χ0n) is 33.8. The summed E-state index contributed by atoms with van der Waals surface area (Å²) in [5.74, 6) is 0.0216. The van der Waals surface area contributed by atoms with Gasteiger partial charge < -0.3 is 28.4 Å². The SMILES string of the molecule is CCC(C)(CC(C)(CC(C)(C)C(=O)OCCOc1ccc([I+]c2ccc(C)cc2)cc1)C(=O)OCC1(C)COC1)C(=O)OCCOc1cccc2ccccc12. The van der Waals surface area contributed by atoms with Crippen LogP contribution in [0.5, 0.6) is 11.5 Å². The van der Waals surface area contributed by atoms with Gasteiger partial charge in [0, 0.05) is 10.8 Å². The highest BCUT2D eigenvalue weighted by atomic mass is 127. The number of ether oxygens (including phenoxy) is 6. The van der Waals surface area contributed by atoms with Crippen LogP contribution in [0.15, 0.2) is 91.0 Å². The van der Waals surface area contributed by atoms with E-state index in [1.54, 1.807) is 27.7 Å². The second-order valence-electron chi connectivity index (χ2n) is 16.4. The van der Waals surface area contributed by atoms with Crippen molar-refractivity contribution >= 4 is 28.7 Å². The fourth-order valence-electron chi connectivity index (χ4n) is 6.99. The third-order valence-corrected chi connectivity index (χ3v) is 13.0. The highest BCUT2D eigenvalue weighted by Crippen LogP contribution is 2.46. The predicted molar refractivity (Wildman–Crippen MR) is 211 cm³/mol. The monoisotopic (exact) mass is 879 g/mol. The summed E-state index contributed by atoms with van der Waals surface area (Å²) < 4.78 is 37.3. The molecular weight excluding hydrogens is 823 g/mol. The molecule has 1 fully saturated rings. The minimum Gasteiger partial charge on any atom is -0.490 e. The van der Waals surface area contributed by atoms with Crippen LogP contribution >= 0.6 is 0 Å². The van der Waals surface area contributed by atoms with Gasteiger partial charge in [-0.1, -0.05) is 67.9 Å². The van der Waals surface area contributed by atoms with Crippen LogP contribution in [0.2, 0.25) is 0 Å². The molecule has 56 heavy (non-hydrogen) atoms. The Morgan fingerprint density at radius 2 is 1.27 bits per heavy atom. The topological polar surface area (TPSA) is 107 Å². The first kappa shape index (κ1) is 43.0. The van der Waals surface area contributed by atoms with Gasteiger partial charge in [-0.3, -0.25) is 14.4 Å². The van der Waals surface area contributed by atoms with Crippen LogP contribution in [-0.2, 0) is 33.3 Å². The lowest BCUT2D eigenvalue weighted by Gasteiger charge is -2.41. The lowest BCUT2D eigenvalue weighted by molar-refractivity contribution is -0.597. The lowest BCUT2D eigenvalue weighted by atomic mass is 9.65. The summed E-state index contributed by atoms with van der Waals surface area (Å²) in [6.07, 6.45) is 0.596. The quantitative estimate of drug-likeness (QED) is 0.0484. The third-order valence-electron chi connectivity index (χ3n) is 10.3. The van der Waals surface area contributed by atoms with E-state index in [0.29, 0.717) is 31.1 Å². The van der Waals surface area contributed by atoms with Gasteiger partial charge >= 0.3 is 39.1 Å². The van der Waals surface area contributed by atoms with Gasteiger partial charge in [-0.05, 0) is 102 Å². The molecule has 4 aromatic carbocycles. The Hall–Kier alpha value is -4.16. The normalized spacial score (nSPS) is 15.8. The van der Waals surface area contributed by atoms with Gasteiger partial charge in [0.15, 0.2) is 7.14 Å². The largest absolute Gasteiger partial charge is 0.490 e. The molecule has 4 aromatic rings. The van der Waals surface area contributed by atoms with Crippen LogP contribution in [0.1, 0.15) is 66.4 Å². The number of carbonyl (C=O) groups is 3. The Bertz CT molecular complexity index is 1930. The second-order valence-corrected chi connectivity index (χ2v) is 19.4. The molecule has 0 aromatic heterocycles. The zero-order chi connectivity index (χ0) is 40.4. The first-order chi connectivity index (χ1) is 26.6. The average Bonchev–Trinajstić information content (AvgIpc) is 3.17. The summed E-state index contributed by atoms with van der Waals surface area (Å²) in [7, 11) is 0. The Kier molecular flexibility index (Phi) is 14.5. The standard InChI is InChI=1S/C46H56IO9/c1-8-45(6,41(49)55-27-25-53-39-15-11-13-34-12-9-10-14-38(34)39)29-46(7,42(50)56-32-44(5)30-51-31-44)28-43(3,4)40(48)54-26-24-52-37-22-20-36(21-23-37)47-35-18-16-33(2)17-19-35/h9-23H,8,24-32H2,1-7H3/q+1.